The van der Waals surface area contributed by atoms with Gasteiger partial charge in [0.05, 0.1) is 6.61 Å². The third-order valence-corrected chi connectivity index (χ3v) is 3.61. The number of hydrogen-bond acceptors (Lipinski definition) is 3. The molecule has 3 aromatic rings. The Morgan fingerprint density at radius 3 is 2.28 bits per heavy atom. The van der Waals surface area contributed by atoms with Crippen LogP contribution < -0.4 is 20.1 Å². The van der Waals surface area contributed by atoms with Gasteiger partial charge in [0, 0.05) is 5.69 Å². The molecular formula is C20H20N2O3. The number of nitrogens with one attached hydrogen (secondary N) is 2. The van der Waals surface area contributed by atoms with Crippen molar-refractivity contribution in [3.8, 4) is 11.5 Å². The van der Waals surface area contributed by atoms with Crippen LogP contribution >= 0.6 is 0 Å². The smallest absolute Gasteiger partial charge is 0.321 e. The first-order chi connectivity index (χ1) is 12.2. The van der Waals surface area contributed by atoms with Gasteiger partial charge in [0.15, 0.2) is 6.73 Å². The first-order valence-corrected chi connectivity index (χ1v) is 8.14. The molecule has 0 aliphatic carbocycles. The SMILES string of the molecule is CCOc1ccc(OCNC(=O)Nc2ccc3ccccc3c2)cc1. The maximum absolute atomic E-state index is 12.0. The second-order valence-corrected chi connectivity index (χ2v) is 5.39. The van der Waals surface area contributed by atoms with Crippen molar-refractivity contribution in [3.63, 3.8) is 0 Å². The lowest BCUT2D eigenvalue weighted by Gasteiger charge is -2.10. The van der Waals surface area contributed by atoms with E-state index < -0.39 is 0 Å². The first kappa shape index (κ1) is 16.6. The molecule has 0 aromatic heterocycles. The van der Waals surface area contributed by atoms with E-state index in [1.807, 2.05) is 61.5 Å². The van der Waals surface area contributed by atoms with Gasteiger partial charge in [-0.2, -0.15) is 0 Å². The Kier molecular flexibility index (Phi) is 5.36. The Balaban J connectivity index is 1.48. The van der Waals surface area contributed by atoms with Crippen LogP contribution in [0.5, 0.6) is 11.5 Å². The molecule has 3 aromatic carbocycles. The highest BCUT2D eigenvalue weighted by atomic mass is 16.5. The lowest BCUT2D eigenvalue weighted by atomic mass is 10.1. The molecule has 5 nitrogen and oxygen atoms in total. The normalized spacial score (nSPS) is 10.3. The van der Waals surface area contributed by atoms with Crippen molar-refractivity contribution < 1.29 is 14.3 Å². The Morgan fingerprint density at radius 1 is 0.880 bits per heavy atom. The Morgan fingerprint density at radius 2 is 1.56 bits per heavy atom. The standard InChI is InChI=1S/C20H20N2O3/c1-2-24-18-9-11-19(12-10-18)25-14-21-20(23)22-17-8-7-15-5-3-4-6-16(15)13-17/h3-13H,2,14H2,1H3,(H2,21,22,23). The summed E-state index contributed by atoms with van der Waals surface area (Å²) in [6, 6.07) is 20.7. The molecule has 0 saturated heterocycles. The minimum Gasteiger partial charge on any atom is -0.494 e. The first-order valence-electron chi connectivity index (χ1n) is 8.14. The van der Waals surface area contributed by atoms with E-state index in [2.05, 4.69) is 10.6 Å². The minimum absolute atomic E-state index is 0.0768. The summed E-state index contributed by atoms with van der Waals surface area (Å²) >= 11 is 0. The summed E-state index contributed by atoms with van der Waals surface area (Å²) in [6.07, 6.45) is 0. The van der Waals surface area contributed by atoms with E-state index in [0.717, 1.165) is 22.2 Å². The number of fused-ring (bicyclic) bond motifs is 1. The summed E-state index contributed by atoms with van der Waals surface area (Å²) < 4.78 is 10.9. The summed E-state index contributed by atoms with van der Waals surface area (Å²) in [4.78, 5) is 12.0. The highest BCUT2D eigenvalue weighted by Crippen LogP contribution is 2.19. The van der Waals surface area contributed by atoms with E-state index in [1.165, 1.54) is 0 Å². The number of urea groups is 1. The van der Waals surface area contributed by atoms with Gasteiger partial charge in [0.2, 0.25) is 0 Å². The average molecular weight is 336 g/mol. The zero-order chi connectivity index (χ0) is 17.5. The number of amides is 2. The molecule has 0 bridgehead atoms. The molecule has 2 N–H and O–H groups in total. The second kappa shape index (κ2) is 8.06. The predicted molar refractivity (Wildman–Crippen MR) is 99.2 cm³/mol. The number of ether oxygens (including phenoxy) is 2. The highest BCUT2D eigenvalue weighted by Gasteiger charge is 2.03. The summed E-state index contributed by atoms with van der Waals surface area (Å²) in [5.41, 5.74) is 0.734. The molecule has 0 aliphatic heterocycles. The van der Waals surface area contributed by atoms with Gasteiger partial charge in [-0.3, -0.25) is 0 Å². The second-order valence-electron chi connectivity index (χ2n) is 5.39. The van der Waals surface area contributed by atoms with Gasteiger partial charge in [-0.05, 0) is 54.1 Å². The molecule has 0 spiro atoms. The number of hydrogen-bond donors (Lipinski definition) is 2. The Hall–Kier alpha value is -3.21. The molecule has 0 fully saturated rings. The molecule has 0 saturated carbocycles. The van der Waals surface area contributed by atoms with Crippen LogP contribution in [0.3, 0.4) is 0 Å². The van der Waals surface area contributed by atoms with Gasteiger partial charge >= 0.3 is 6.03 Å². The van der Waals surface area contributed by atoms with Crippen molar-refractivity contribution in [2.75, 3.05) is 18.7 Å². The molecule has 0 atom stereocenters. The highest BCUT2D eigenvalue weighted by molar-refractivity contribution is 5.93. The summed E-state index contributed by atoms with van der Waals surface area (Å²) in [7, 11) is 0. The van der Waals surface area contributed by atoms with Crippen LogP contribution in [0.15, 0.2) is 66.7 Å². The maximum atomic E-state index is 12.0. The quantitative estimate of drug-likeness (QED) is 0.656. The fourth-order valence-electron chi connectivity index (χ4n) is 2.43. The molecule has 0 unspecified atom stereocenters. The molecule has 0 radical (unpaired) electrons. The van der Waals surface area contributed by atoms with Crippen molar-refractivity contribution in [2.24, 2.45) is 0 Å². The van der Waals surface area contributed by atoms with Crippen LogP contribution in [0.1, 0.15) is 6.92 Å². The zero-order valence-electron chi connectivity index (χ0n) is 14.0. The number of rotatable bonds is 6. The van der Waals surface area contributed by atoms with E-state index in [4.69, 9.17) is 9.47 Å². The van der Waals surface area contributed by atoms with E-state index in [-0.39, 0.29) is 12.8 Å². The summed E-state index contributed by atoms with van der Waals surface area (Å²) in [5, 5.41) is 7.67. The summed E-state index contributed by atoms with van der Waals surface area (Å²) in [5.74, 6) is 1.45. The van der Waals surface area contributed by atoms with Crippen LogP contribution in [0.2, 0.25) is 0 Å². The largest absolute Gasteiger partial charge is 0.494 e. The molecule has 128 valence electrons. The third-order valence-electron chi connectivity index (χ3n) is 3.61. The van der Waals surface area contributed by atoms with Gasteiger partial charge in [0.25, 0.3) is 0 Å². The van der Waals surface area contributed by atoms with Crippen molar-refractivity contribution in [2.45, 2.75) is 6.92 Å². The molecule has 25 heavy (non-hydrogen) atoms. The van der Waals surface area contributed by atoms with Crippen LogP contribution in [0.4, 0.5) is 10.5 Å². The lowest BCUT2D eigenvalue weighted by Crippen LogP contribution is -2.31. The van der Waals surface area contributed by atoms with Crippen molar-refractivity contribution in [1.82, 2.24) is 5.32 Å². The van der Waals surface area contributed by atoms with Crippen LogP contribution in [-0.2, 0) is 0 Å². The fraction of sp³-hybridized carbons (Fsp3) is 0.150. The van der Waals surface area contributed by atoms with Gasteiger partial charge in [-0.1, -0.05) is 30.3 Å². The van der Waals surface area contributed by atoms with Crippen LogP contribution in [-0.4, -0.2) is 19.4 Å². The molecular weight excluding hydrogens is 316 g/mol. The average Bonchev–Trinajstić information content (AvgIpc) is 2.63. The Bertz CT molecular complexity index is 847. The fourth-order valence-corrected chi connectivity index (χ4v) is 2.43. The van der Waals surface area contributed by atoms with Crippen LogP contribution in [0, 0.1) is 0 Å². The van der Waals surface area contributed by atoms with Gasteiger partial charge in [-0.25, -0.2) is 4.79 Å². The molecule has 2 amide bonds. The van der Waals surface area contributed by atoms with E-state index in [0.29, 0.717) is 12.4 Å². The maximum Gasteiger partial charge on any atom is 0.321 e. The third kappa shape index (κ3) is 4.64. The predicted octanol–water partition coefficient (Wildman–Crippen LogP) is 4.40. The molecule has 5 heteroatoms. The molecule has 0 heterocycles. The topological polar surface area (TPSA) is 59.6 Å². The number of benzene rings is 3. The van der Waals surface area contributed by atoms with Crippen molar-refractivity contribution in [3.05, 3.63) is 66.7 Å². The number of anilines is 1. The summed E-state index contributed by atoms with van der Waals surface area (Å²) in [6.45, 7) is 2.63. The lowest BCUT2D eigenvalue weighted by molar-refractivity contribution is 0.234. The van der Waals surface area contributed by atoms with E-state index >= 15 is 0 Å². The van der Waals surface area contributed by atoms with E-state index in [9.17, 15) is 4.79 Å². The number of carbonyl (C=O) groups is 1. The Labute approximate surface area is 146 Å². The van der Waals surface area contributed by atoms with Crippen molar-refractivity contribution in [1.29, 1.82) is 0 Å². The van der Waals surface area contributed by atoms with E-state index in [1.54, 1.807) is 12.1 Å². The van der Waals surface area contributed by atoms with Gasteiger partial charge < -0.3 is 20.1 Å². The van der Waals surface area contributed by atoms with Crippen molar-refractivity contribution >= 4 is 22.5 Å². The van der Waals surface area contributed by atoms with Gasteiger partial charge in [0.1, 0.15) is 11.5 Å². The monoisotopic (exact) mass is 336 g/mol. The minimum atomic E-state index is -0.318. The zero-order valence-corrected chi connectivity index (χ0v) is 14.0. The van der Waals surface area contributed by atoms with Gasteiger partial charge in [-0.15, -0.1) is 0 Å². The number of carbonyl (C=O) groups excluding carboxylic acids is 1. The molecule has 0 aliphatic rings. The van der Waals surface area contributed by atoms with Crippen LogP contribution in [0.25, 0.3) is 10.8 Å². The molecule has 3 rings (SSSR count).